The van der Waals surface area contributed by atoms with E-state index in [1.54, 1.807) is 14.2 Å². The van der Waals surface area contributed by atoms with Gasteiger partial charge in [-0.3, -0.25) is 4.99 Å². The van der Waals surface area contributed by atoms with Crippen molar-refractivity contribution in [3.05, 3.63) is 29.8 Å². The second-order valence-corrected chi connectivity index (χ2v) is 5.76. The van der Waals surface area contributed by atoms with Crippen LogP contribution < -0.4 is 15.4 Å². The molecule has 0 radical (unpaired) electrons. The standard InChI is InChI=1S/C18H32N4O.HI/c1-6-15(2)22(4)14-13-21-18(19-3)20-12-11-16-7-9-17(23-5)10-8-16;/h7-10,15H,6,11-14H2,1-5H3,(H2,19,20,21);1H. The molecular weight excluding hydrogens is 415 g/mol. The molecule has 0 spiro atoms. The van der Waals surface area contributed by atoms with Gasteiger partial charge in [-0.2, -0.15) is 0 Å². The molecule has 0 amide bonds. The summed E-state index contributed by atoms with van der Waals surface area (Å²) in [6.45, 7) is 7.22. The number of hydrogen-bond acceptors (Lipinski definition) is 3. The molecule has 0 aromatic heterocycles. The molecule has 0 fully saturated rings. The van der Waals surface area contributed by atoms with Gasteiger partial charge in [-0.25, -0.2) is 0 Å². The van der Waals surface area contributed by atoms with Gasteiger partial charge in [-0.05, 0) is 44.5 Å². The first-order valence-electron chi connectivity index (χ1n) is 8.38. The Morgan fingerprint density at radius 2 is 1.83 bits per heavy atom. The number of nitrogens with zero attached hydrogens (tertiary/aromatic N) is 2. The van der Waals surface area contributed by atoms with E-state index < -0.39 is 0 Å². The summed E-state index contributed by atoms with van der Waals surface area (Å²) in [7, 11) is 5.65. The highest BCUT2D eigenvalue weighted by atomic mass is 127. The van der Waals surface area contributed by atoms with Crippen molar-refractivity contribution < 1.29 is 4.74 Å². The number of rotatable bonds is 9. The quantitative estimate of drug-likeness (QED) is 0.347. The van der Waals surface area contributed by atoms with E-state index in [9.17, 15) is 0 Å². The lowest BCUT2D eigenvalue weighted by Gasteiger charge is -2.24. The van der Waals surface area contributed by atoms with Crippen LogP contribution in [0.3, 0.4) is 0 Å². The minimum atomic E-state index is 0. The average Bonchev–Trinajstić information content (AvgIpc) is 2.59. The number of guanidine groups is 1. The topological polar surface area (TPSA) is 48.9 Å². The van der Waals surface area contributed by atoms with Gasteiger partial charge in [0.1, 0.15) is 5.75 Å². The van der Waals surface area contributed by atoms with Gasteiger partial charge in [0.2, 0.25) is 0 Å². The highest BCUT2D eigenvalue weighted by Gasteiger charge is 2.06. The van der Waals surface area contributed by atoms with Crippen LogP contribution in [0.5, 0.6) is 5.75 Å². The Balaban J connectivity index is 0.00000529. The summed E-state index contributed by atoms with van der Waals surface area (Å²) in [5, 5.41) is 6.71. The molecule has 0 bridgehead atoms. The normalized spacial score (nSPS) is 12.5. The fourth-order valence-corrected chi connectivity index (χ4v) is 2.22. The molecule has 0 aliphatic heterocycles. The van der Waals surface area contributed by atoms with Gasteiger partial charge in [0.05, 0.1) is 7.11 Å². The van der Waals surface area contributed by atoms with Crippen LogP contribution >= 0.6 is 24.0 Å². The first-order chi connectivity index (χ1) is 11.1. The highest BCUT2D eigenvalue weighted by molar-refractivity contribution is 14.0. The Kier molecular flexibility index (Phi) is 12.7. The van der Waals surface area contributed by atoms with Crippen molar-refractivity contribution in [2.24, 2.45) is 4.99 Å². The molecule has 2 N–H and O–H groups in total. The van der Waals surface area contributed by atoms with E-state index >= 15 is 0 Å². The van der Waals surface area contributed by atoms with Crippen molar-refractivity contribution in [1.29, 1.82) is 0 Å². The molecule has 0 heterocycles. The predicted molar refractivity (Wildman–Crippen MR) is 114 cm³/mol. The molecule has 5 nitrogen and oxygen atoms in total. The molecule has 1 atom stereocenters. The molecular formula is C18H33IN4O. The molecule has 138 valence electrons. The van der Waals surface area contributed by atoms with Crippen molar-refractivity contribution in [2.75, 3.05) is 40.8 Å². The fraction of sp³-hybridized carbons (Fsp3) is 0.611. The monoisotopic (exact) mass is 448 g/mol. The summed E-state index contributed by atoms with van der Waals surface area (Å²) in [6.07, 6.45) is 2.13. The minimum Gasteiger partial charge on any atom is -0.497 e. The summed E-state index contributed by atoms with van der Waals surface area (Å²) in [6, 6.07) is 8.79. The molecule has 0 saturated heterocycles. The van der Waals surface area contributed by atoms with Gasteiger partial charge in [0, 0.05) is 32.7 Å². The molecule has 0 aliphatic rings. The first-order valence-corrected chi connectivity index (χ1v) is 8.38. The van der Waals surface area contributed by atoms with Gasteiger partial charge in [0.15, 0.2) is 5.96 Å². The lowest BCUT2D eigenvalue weighted by atomic mass is 10.1. The van der Waals surface area contributed by atoms with Crippen LogP contribution in [-0.4, -0.2) is 57.7 Å². The van der Waals surface area contributed by atoms with Crippen molar-refractivity contribution in [3.63, 3.8) is 0 Å². The Bertz CT molecular complexity index is 465. The molecule has 1 aromatic rings. The minimum absolute atomic E-state index is 0. The van der Waals surface area contributed by atoms with Gasteiger partial charge in [0.25, 0.3) is 0 Å². The number of halogens is 1. The second kappa shape index (κ2) is 13.3. The van der Waals surface area contributed by atoms with E-state index in [1.165, 1.54) is 12.0 Å². The third-order valence-electron chi connectivity index (χ3n) is 4.19. The SMILES string of the molecule is CCC(C)N(C)CCNC(=NC)NCCc1ccc(OC)cc1.I. The van der Waals surface area contributed by atoms with E-state index in [4.69, 9.17) is 4.74 Å². The maximum absolute atomic E-state index is 5.17. The summed E-state index contributed by atoms with van der Waals surface area (Å²) in [5.41, 5.74) is 1.28. The summed E-state index contributed by atoms with van der Waals surface area (Å²) >= 11 is 0. The fourth-order valence-electron chi connectivity index (χ4n) is 2.22. The lowest BCUT2D eigenvalue weighted by Crippen LogP contribution is -2.42. The van der Waals surface area contributed by atoms with E-state index in [2.05, 4.69) is 53.6 Å². The van der Waals surface area contributed by atoms with E-state index in [0.717, 1.165) is 37.8 Å². The maximum atomic E-state index is 5.17. The van der Waals surface area contributed by atoms with Crippen LogP contribution in [0.4, 0.5) is 0 Å². The zero-order valence-electron chi connectivity index (χ0n) is 15.6. The van der Waals surface area contributed by atoms with Crippen molar-refractivity contribution in [1.82, 2.24) is 15.5 Å². The number of ether oxygens (including phenoxy) is 1. The number of methoxy groups -OCH3 is 1. The molecule has 6 heteroatoms. The third kappa shape index (κ3) is 8.73. The van der Waals surface area contributed by atoms with Gasteiger partial charge >= 0.3 is 0 Å². The summed E-state index contributed by atoms with van der Waals surface area (Å²) < 4.78 is 5.17. The number of hydrogen-bond donors (Lipinski definition) is 2. The Morgan fingerprint density at radius 3 is 2.38 bits per heavy atom. The zero-order chi connectivity index (χ0) is 17.1. The average molecular weight is 448 g/mol. The Hall–Kier alpha value is -1.02. The van der Waals surface area contributed by atoms with Crippen molar-refractivity contribution >= 4 is 29.9 Å². The smallest absolute Gasteiger partial charge is 0.191 e. The molecule has 1 unspecified atom stereocenters. The second-order valence-electron chi connectivity index (χ2n) is 5.76. The van der Waals surface area contributed by atoms with E-state index in [-0.39, 0.29) is 24.0 Å². The predicted octanol–water partition coefficient (Wildman–Crippen LogP) is 2.75. The molecule has 1 rings (SSSR count). The molecule has 24 heavy (non-hydrogen) atoms. The number of benzene rings is 1. The van der Waals surface area contributed by atoms with Crippen LogP contribution in [0.25, 0.3) is 0 Å². The van der Waals surface area contributed by atoms with Crippen LogP contribution in [0.2, 0.25) is 0 Å². The van der Waals surface area contributed by atoms with Gasteiger partial charge in [-0.1, -0.05) is 19.1 Å². The Labute approximate surface area is 164 Å². The largest absolute Gasteiger partial charge is 0.497 e. The van der Waals surface area contributed by atoms with E-state index in [0.29, 0.717) is 6.04 Å². The highest BCUT2D eigenvalue weighted by Crippen LogP contribution is 2.11. The third-order valence-corrected chi connectivity index (χ3v) is 4.19. The molecule has 1 aromatic carbocycles. The first kappa shape index (κ1) is 23.0. The van der Waals surface area contributed by atoms with Gasteiger partial charge in [-0.15, -0.1) is 24.0 Å². The van der Waals surface area contributed by atoms with Crippen molar-refractivity contribution in [3.8, 4) is 5.75 Å². The van der Waals surface area contributed by atoms with Crippen LogP contribution in [0.1, 0.15) is 25.8 Å². The Morgan fingerprint density at radius 1 is 1.21 bits per heavy atom. The van der Waals surface area contributed by atoms with Crippen molar-refractivity contribution in [2.45, 2.75) is 32.7 Å². The number of likely N-dealkylation sites (N-methyl/N-ethyl adjacent to an activating group) is 1. The zero-order valence-corrected chi connectivity index (χ0v) is 18.0. The van der Waals surface area contributed by atoms with Crippen LogP contribution in [-0.2, 0) is 6.42 Å². The molecule has 0 saturated carbocycles. The van der Waals surface area contributed by atoms with Gasteiger partial charge < -0.3 is 20.3 Å². The molecule has 0 aliphatic carbocycles. The summed E-state index contributed by atoms with van der Waals surface area (Å²) in [4.78, 5) is 6.62. The number of aliphatic imine (C=N–C) groups is 1. The van der Waals surface area contributed by atoms with E-state index in [1.807, 2.05) is 12.1 Å². The maximum Gasteiger partial charge on any atom is 0.191 e. The lowest BCUT2D eigenvalue weighted by molar-refractivity contribution is 0.255. The number of nitrogens with one attached hydrogen (secondary N) is 2. The van der Waals surface area contributed by atoms with Crippen LogP contribution in [0.15, 0.2) is 29.3 Å². The summed E-state index contributed by atoms with van der Waals surface area (Å²) in [5.74, 6) is 1.75. The van der Waals surface area contributed by atoms with Crippen LogP contribution in [0, 0.1) is 0 Å².